The number of carbonyl (C=O) groups is 1. The largest absolute Gasteiger partial charge is 0.494 e. The Bertz CT molecular complexity index is 377. The fourth-order valence-corrected chi connectivity index (χ4v) is 2.91. The van der Waals surface area contributed by atoms with Gasteiger partial charge in [-0.25, -0.2) is 4.79 Å². The Morgan fingerprint density at radius 3 is 2.73 bits per heavy atom. The van der Waals surface area contributed by atoms with Gasteiger partial charge >= 0.3 is 5.97 Å². The second-order valence-corrected chi connectivity index (χ2v) is 4.81. The molecule has 4 nitrogen and oxygen atoms in total. The fourth-order valence-electron chi connectivity index (χ4n) is 0.942. The topological polar surface area (TPSA) is 55.8 Å². The van der Waals surface area contributed by atoms with Gasteiger partial charge in [0.05, 0.1) is 7.11 Å². The van der Waals surface area contributed by atoms with Crippen molar-refractivity contribution in [3.63, 3.8) is 0 Å². The lowest BCUT2D eigenvalue weighted by molar-refractivity contribution is -0.131. The molecule has 1 rings (SSSR count). The minimum Gasteiger partial charge on any atom is -0.494 e. The van der Waals surface area contributed by atoms with Crippen molar-refractivity contribution in [2.75, 3.05) is 14.2 Å². The molecule has 0 bridgehead atoms. The molecule has 0 spiro atoms. The second kappa shape index (κ2) is 5.82. The van der Waals surface area contributed by atoms with Crippen LogP contribution in [0, 0.1) is 0 Å². The van der Waals surface area contributed by atoms with Gasteiger partial charge in [-0.3, -0.25) is 0 Å². The van der Waals surface area contributed by atoms with Crippen LogP contribution in [0.2, 0.25) is 0 Å². The van der Waals surface area contributed by atoms with Crippen molar-refractivity contribution in [1.82, 2.24) is 0 Å². The third-order valence-corrected chi connectivity index (χ3v) is 4.16. The first-order valence-electron chi connectivity index (χ1n) is 4.09. The van der Waals surface area contributed by atoms with Crippen molar-refractivity contribution in [2.45, 2.75) is 0 Å². The van der Waals surface area contributed by atoms with Crippen LogP contribution in [0.5, 0.6) is 0 Å². The Hall–Kier alpha value is -0.950. The second-order valence-electron chi connectivity index (χ2n) is 2.58. The molecule has 0 radical (unpaired) electrons. The van der Waals surface area contributed by atoms with Crippen LogP contribution in [0.1, 0.15) is 0 Å². The quantitative estimate of drug-likeness (QED) is 0.633. The zero-order valence-corrected chi connectivity index (χ0v) is 10.5. The Labute approximate surface area is 97.6 Å². The lowest BCUT2D eigenvalue weighted by Gasteiger charge is -2.11. The monoisotopic (exact) mass is 322 g/mol. The van der Waals surface area contributed by atoms with Gasteiger partial charge in [-0.1, -0.05) is 20.7 Å². The summed E-state index contributed by atoms with van der Waals surface area (Å²) >= 11 is -0.375. The molecule has 1 aliphatic rings. The van der Waals surface area contributed by atoms with E-state index < -0.39 is 5.97 Å². The predicted octanol–water partition coefficient (Wildman–Crippen LogP) is 1.80. The van der Waals surface area contributed by atoms with E-state index in [2.05, 4.69) is 0 Å². The molecule has 1 N–H and O–H groups in total. The first-order chi connectivity index (χ1) is 7.17. The van der Waals surface area contributed by atoms with E-state index in [9.17, 15) is 4.79 Å². The van der Waals surface area contributed by atoms with Crippen molar-refractivity contribution < 1.29 is 19.4 Å². The third-order valence-electron chi connectivity index (χ3n) is 1.59. The van der Waals surface area contributed by atoms with Crippen LogP contribution in [0.4, 0.5) is 0 Å². The highest BCUT2D eigenvalue weighted by Gasteiger charge is 2.09. The molecule has 0 aromatic carbocycles. The minimum atomic E-state index is -0.956. The Balaban J connectivity index is 2.88. The van der Waals surface area contributed by atoms with Crippen molar-refractivity contribution in [2.24, 2.45) is 0 Å². The highest BCUT2D eigenvalue weighted by Crippen LogP contribution is 2.22. The number of hydrogen-bond donors (Lipinski definition) is 1. The summed E-state index contributed by atoms with van der Waals surface area (Å²) < 4.78 is 13.1. The summed E-state index contributed by atoms with van der Waals surface area (Å²) in [6.07, 6.45) is 4.42. The lowest BCUT2D eigenvalue weighted by Crippen LogP contribution is -2.06. The standard InChI is InChI=1S/C10H11IO4/c1-14-8-5-7(3-4-9(12)13)6-11-10(8)15-2/h3-6H,1-2H3,(H,12,13)/b4-3+. The summed E-state index contributed by atoms with van der Waals surface area (Å²) in [4.78, 5) is 10.3. The van der Waals surface area contributed by atoms with Crippen LogP contribution in [-0.4, -0.2) is 29.0 Å². The Morgan fingerprint density at radius 2 is 2.20 bits per heavy atom. The molecule has 5 heteroatoms. The molecular weight excluding hydrogens is 311 g/mol. The van der Waals surface area contributed by atoms with Gasteiger partial charge in [-0.05, 0) is 21.8 Å². The van der Waals surface area contributed by atoms with E-state index in [0.717, 1.165) is 15.3 Å². The van der Waals surface area contributed by atoms with Gasteiger partial charge in [-0.15, -0.1) is 0 Å². The predicted molar refractivity (Wildman–Crippen MR) is 66.0 cm³/mol. The number of hydrogen-bond acceptors (Lipinski definition) is 3. The van der Waals surface area contributed by atoms with E-state index in [-0.39, 0.29) is 20.7 Å². The molecule has 0 aromatic rings. The normalized spacial score (nSPS) is 16.3. The van der Waals surface area contributed by atoms with Crippen LogP contribution >= 0.6 is 20.7 Å². The SMILES string of the molecule is COC1=CC(/C=C/C(=O)O)=CI=C1OC. The number of methoxy groups -OCH3 is 2. The summed E-state index contributed by atoms with van der Waals surface area (Å²) in [6, 6.07) is 0. The highest BCUT2D eigenvalue weighted by atomic mass is 127. The molecule has 15 heavy (non-hydrogen) atoms. The molecule has 0 amide bonds. The number of carboxylic acids is 1. The molecule has 0 unspecified atom stereocenters. The Morgan fingerprint density at radius 1 is 1.47 bits per heavy atom. The van der Waals surface area contributed by atoms with Crippen molar-refractivity contribution in [3.8, 4) is 0 Å². The van der Waals surface area contributed by atoms with Gasteiger partial charge in [0, 0.05) is 13.2 Å². The molecule has 0 aliphatic carbocycles. The Kier molecular flexibility index (Phi) is 4.70. The van der Waals surface area contributed by atoms with Gasteiger partial charge in [0.25, 0.3) is 0 Å². The van der Waals surface area contributed by atoms with Crippen LogP contribution in [-0.2, 0) is 14.3 Å². The molecule has 0 fully saturated rings. The lowest BCUT2D eigenvalue weighted by atomic mass is 10.2. The number of aliphatic carboxylic acids is 1. The van der Waals surface area contributed by atoms with Gasteiger partial charge in [0.15, 0.2) is 5.76 Å². The smallest absolute Gasteiger partial charge is 0.328 e. The van der Waals surface area contributed by atoms with Gasteiger partial charge in [-0.2, -0.15) is 0 Å². The average Bonchev–Trinajstić information content (AvgIpc) is 2.25. The summed E-state index contributed by atoms with van der Waals surface area (Å²) in [5, 5.41) is 8.48. The van der Waals surface area contributed by atoms with E-state index in [0.29, 0.717) is 5.76 Å². The summed E-state index contributed by atoms with van der Waals surface area (Å²) in [5.74, 6) is -0.277. The zero-order chi connectivity index (χ0) is 11.3. The van der Waals surface area contributed by atoms with E-state index >= 15 is 0 Å². The van der Waals surface area contributed by atoms with Crippen LogP contribution in [0.15, 0.2) is 33.6 Å². The number of allylic oxidation sites excluding steroid dienone is 3. The first kappa shape index (κ1) is 12.1. The average molecular weight is 322 g/mol. The maximum Gasteiger partial charge on any atom is 0.328 e. The van der Waals surface area contributed by atoms with Crippen LogP contribution < -0.4 is 0 Å². The van der Waals surface area contributed by atoms with E-state index in [1.165, 1.54) is 0 Å². The molecule has 1 heterocycles. The maximum absolute atomic E-state index is 10.3. The molecule has 82 valence electrons. The maximum atomic E-state index is 10.3. The van der Waals surface area contributed by atoms with E-state index in [1.807, 2.05) is 4.08 Å². The molecule has 0 saturated heterocycles. The highest BCUT2D eigenvalue weighted by molar-refractivity contribution is 14.2. The summed E-state index contributed by atoms with van der Waals surface area (Å²) in [7, 11) is 3.17. The van der Waals surface area contributed by atoms with Crippen LogP contribution in [0.25, 0.3) is 0 Å². The van der Waals surface area contributed by atoms with Gasteiger partial charge in [0.1, 0.15) is 3.69 Å². The molecule has 0 saturated carbocycles. The molecule has 0 aromatic heterocycles. The molecule has 1 aliphatic heterocycles. The first-order valence-corrected chi connectivity index (χ1v) is 6.41. The van der Waals surface area contributed by atoms with Crippen LogP contribution in [0.3, 0.4) is 0 Å². The number of ether oxygens (including phenoxy) is 2. The van der Waals surface area contributed by atoms with Gasteiger partial charge in [0.2, 0.25) is 0 Å². The number of halogens is 1. The number of carboxylic acid groups (broad SMARTS) is 1. The van der Waals surface area contributed by atoms with E-state index in [4.69, 9.17) is 14.6 Å². The number of rotatable bonds is 4. The van der Waals surface area contributed by atoms with Crippen molar-refractivity contribution >= 4 is 30.4 Å². The summed E-state index contributed by atoms with van der Waals surface area (Å²) in [5.41, 5.74) is 0.850. The molecular formula is C10H11IO4. The van der Waals surface area contributed by atoms with Crippen molar-refractivity contribution in [1.29, 1.82) is 0 Å². The fraction of sp³-hybridized carbons (Fsp3) is 0.200. The van der Waals surface area contributed by atoms with Gasteiger partial charge < -0.3 is 14.6 Å². The zero-order valence-electron chi connectivity index (χ0n) is 8.36. The third kappa shape index (κ3) is 3.60. The van der Waals surface area contributed by atoms with Crippen molar-refractivity contribution in [3.05, 3.63) is 33.6 Å². The minimum absolute atomic E-state index is 0.375. The molecule has 0 atom stereocenters. The summed E-state index contributed by atoms with van der Waals surface area (Å²) in [6.45, 7) is 0. The van der Waals surface area contributed by atoms with E-state index in [1.54, 1.807) is 26.4 Å².